The molecule has 1 unspecified atom stereocenters. The summed E-state index contributed by atoms with van der Waals surface area (Å²) in [5.74, 6) is 0. The summed E-state index contributed by atoms with van der Waals surface area (Å²) in [6, 6.07) is 2.86. The zero-order chi connectivity index (χ0) is 12.1. The van der Waals surface area contributed by atoms with Gasteiger partial charge in [0.2, 0.25) is 0 Å². The van der Waals surface area contributed by atoms with Crippen LogP contribution < -0.4 is 5.32 Å². The highest BCUT2D eigenvalue weighted by Crippen LogP contribution is 2.16. The molecule has 4 heteroatoms. The predicted molar refractivity (Wildman–Crippen MR) is 70.1 cm³/mol. The Kier molecular flexibility index (Phi) is 4.57. The standard InChI is InChI=1S/C13H24N4/c1-3-14-11-13-5-4-9-17(13)10-7-12-6-8-15-16(12)2/h6,8,13-14H,3-5,7,9-11H2,1-2H3. The zero-order valence-electron chi connectivity index (χ0n) is 11.0. The molecule has 1 fully saturated rings. The second kappa shape index (κ2) is 6.17. The van der Waals surface area contributed by atoms with Gasteiger partial charge >= 0.3 is 0 Å². The lowest BCUT2D eigenvalue weighted by atomic mass is 10.2. The molecule has 2 rings (SSSR count). The first-order chi connectivity index (χ1) is 8.31. The van der Waals surface area contributed by atoms with Crippen LogP contribution in [0.25, 0.3) is 0 Å². The van der Waals surface area contributed by atoms with Gasteiger partial charge in [0.15, 0.2) is 0 Å². The van der Waals surface area contributed by atoms with Gasteiger partial charge in [0.05, 0.1) is 0 Å². The Balaban J connectivity index is 1.80. The number of aromatic nitrogens is 2. The first-order valence-corrected chi connectivity index (χ1v) is 6.73. The highest BCUT2D eigenvalue weighted by Gasteiger charge is 2.23. The van der Waals surface area contributed by atoms with Gasteiger partial charge in [0, 0.05) is 44.5 Å². The maximum Gasteiger partial charge on any atom is 0.0492 e. The Hall–Kier alpha value is -0.870. The number of nitrogens with one attached hydrogen (secondary N) is 1. The van der Waals surface area contributed by atoms with Crippen LogP contribution in [0.3, 0.4) is 0 Å². The third-order valence-corrected chi connectivity index (χ3v) is 3.71. The van der Waals surface area contributed by atoms with Crippen LogP contribution in [0.2, 0.25) is 0 Å². The number of aryl methyl sites for hydroxylation is 1. The molecule has 1 atom stereocenters. The van der Waals surface area contributed by atoms with Crippen molar-refractivity contribution in [1.82, 2.24) is 20.0 Å². The average Bonchev–Trinajstić information content (AvgIpc) is 2.93. The van der Waals surface area contributed by atoms with E-state index < -0.39 is 0 Å². The summed E-state index contributed by atoms with van der Waals surface area (Å²) in [5.41, 5.74) is 1.33. The summed E-state index contributed by atoms with van der Waals surface area (Å²) >= 11 is 0. The Bertz CT molecular complexity index is 334. The number of hydrogen-bond acceptors (Lipinski definition) is 3. The molecule has 0 aromatic carbocycles. The monoisotopic (exact) mass is 236 g/mol. The Morgan fingerprint density at radius 3 is 3.12 bits per heavy atom. The van der Waals surface area contributed by atoms with Gasteiger partial charge in [-0.15, -0.1) is 0 Å². The van der Waals surface area contributed by atoms with Crippen LogP contribution in [0.5, 0.6) is 0 Å². The summed E-state index contributed by atoms with van der Waals surface area (Å²) in [4.78, 5) is 2.62. The number of hydrogen-bond donors (Lipinski definition) is 1. The van der Waals surface area contributed by atoms with Crippen molar-refractivity contribution in [3.05, 3.63) is 18.0 Å². The molecule has 1 aromatic heterocycles. The largest absolute Gasteiger partial charge is 0.315 e. The number of rotatable bonds is 6. The van der Waals surface area contributed by atoms with Crippen LogP contribution in [-0.4, -0.2) is 46.9 Å². The minimum atomic E-state index is 0.739. The van der Waals surface area contributed by atoms with E-state index in [1.807, 2.05) is 17.9 Å². The molecule has 1 aliphatic rings. The maximum absolute atomic E-state index is 4.22. The van der Waals surface area contributed by atoms with Crippen molar-refractivity contribution in [3.8, 4) is 0 Å². The molecule has 1 N–H and O–H groups in total. The van der Waals surface area contributed by atoms with Crippen molar-refractivity contribution in [2.75, 3.05) is 26.2 Å². The molecule has 96 valence electrons. The molecule has 0 radical (unpaired) electrons. The minimum absolute atomic E-state index is 0.739. The zero-order valence-corrected chi connectivity index (χ0v) is 11.0. The quantitative estimate of drug-likeness (QED) is 0.801. The van der Waals surface area contributed by atoms with Crippen molar-refractivity contribution >= 4 is 0 Å². The highest BCUT2D eigenvalue weighted by atomic mass is 15.3. The van der Waals surface area contributed by atoms with E-state index in [4.69, 9.17) is 0 Å². The fourth-order valence-corrected chi connectivity index (χ4v) is 2.64. The second-order valence-corrected chi connectivity index (χ2v) is 4.84. The normalized spacial score (nSPS) is 21.2. The first kappa shape index (κ1) is 12.6. The van der Waals surface area contributed by atoms with Crippen molar-refractivity contribution in [1.29, 1.82) is 0 Å². The van der Waals surface area contributed by atoms with Crippen LogP contribution in [0.4, 0.5) is 0 Å². The van der Waals surface area contributed by atoms with Crippen LogP contribution >= 0.6 is 0 Å². The van der Waals surface area contributed by atoms with Gasteiger partial charge in [0.25, 0.3) is 0 Å². The predicted octanol–water partition coefficient (Wildman–Crippen LogP) is 1.04. The van der Waals surface area contributed by atoms with E-state index in [0.29, 0.717) is 0 Å². The van der Waals surface area contributed by atoms with Gasteiger partial charge in [-0.25, -0.2) is 0 Å². The van der Waals surface area contributed by atoms with Crippen molar-refractivity contribution in [2.24, 2.45) is 7.05 Å². The van der Waals surface area contributed by atoms with Crippen LogP contribution in [0.1, 0.15) is 25.5 Å². The van der Waals surface area contributed by atoms with E-state index in [0.717, 1.165) is 32.1 Å². The number of nitrogens with zero attached hydrogens (tertiary/aromatic N) is 3. The molecule has 0 aliphatic carbocycles. The van der Waals surface area contributed by atoms with Crippen molar-refractivity contribution in [3.63, 3.8) is 0 Å². The highest BCUT2D eigenvalue weighted by molar-refractivity contribution is 5.00. The van der Waals surface area contributed by atoms with E-state index >= 15 is 0 Å². The van der Waals surface area contributed by atoms with Gasteiger partial charge < -0.3 is 5.32 Å². The summed E-state index contributed by atoms with van der Waals surface area (Å²) in [6.45, 7) is 6.81. The Morgan fingerprint density at radius 1 is 1.53 bits per heavy atom. The van der Waals surface area contributed by atoms with E-state index in [-0.39, 0.29) is 0 Å². The SMILES string of the molecule is CCNCC1CCCN1CCc1ccnn1C. The molecule has 4 nitrogen and oxygen atoms in total. The lowest BCUT2D eigenvalue weighted by Gasteiger charge is -2.24. The maximum atomic E-state index is 4.22. The smallest absolute Gasteiger partial charge is 0.0492 e. The Labute approximate surface area is 104 Å². The third kappa shape index (κ3) is 3.30. The summed E-state index contributed by atoms with van der Waals surface area (Å²) in [5, 5.41) is 7.68. The molecule has 1 aliphatic heterocycles. The van der Waals surface area contributed by atoms with E-state index in [1.54, 1.807) is 0 Å². The molecular formula is C13H24N4. The second-order valence-electron chi connectivity index (χ2n) is 4.84. The molecule has 17 heavy (non-hydrogen) atoms. The summed E-state index contributed by atoms with van der Waals surface area (Å²) in [7, 11) is 2.02. The lowest BCUT2D eigenvalue weighted by molar-refractivity contribution is 0.250. The average molecular weight is 236 g/mol. The molecule has 1 saturated heterocycles. The van der Waals surface area contributed by atoms with Crippen LogP contribution in [-0.2, 0) is 13.5 Å². The lowest BCUT2D eigenvalue weighted by Crippen LogP contribution is -2.39. The first-order valence-electron chi connectivity index (χ1n) is 6.73. The van der Waals surface area contributed by atoms with Gasteiger partial charge in [-0.05, 0) is 32.0 Å². The molecule has 1 aromatic rings. The summed E-state index contributed by atoms with van der Waals surface area (Å²) in [6.07, 6.45) is 5.69. The Morgan fingerprint density at radius 2 is 2.41 bits per heavy atom. The van der Waals surface area contributed by atoms with Crippen molar-refractivity contribution in [2.45, 2.75) is 32.2 Å². The molecule has 0 bridgehead atoms. The van der Waals surface area contributed by atoms with E-state index in [1.165, 1.54) is 25.1 Å². The van der Waals surface area contributed by atoms with Gasteiger partial charge in [-0.1, -0.05) is 6.92 Å². The van der Waals surface area contributed by atoms with Crippen LogP contribution in [0, 0.1) is 0 Å². The summed E-state index contributed by atoms with van der Waals surface area (Å²) < 4.78 is 1.98. The molecule has 2 heterocycles. The van der Waals surface area contributed by atoms with Crippen LogP contribution in [0.15, 0.2) is 12.3 Å². The van der Waals surface area contributed by atoms with Gasteiger partial charge in [0.1, 0.15) is 0 Å². The molecule has 0 amide bonds. The number of likely N-dealkylation sites (tertiary alicyclic amines) is 1. The third-order valence-electron chi connectivity index (χ3n) is 3.71. The van der Waals surface area contributed by atoms with E-state index in [9.17, 15) is 0 Å². The van der Waals surface area contributed by atoms with Gasteiger partial charge in [-0.3, -0.25) is 9.58 Å². The molecule has 0 saturated carbocycles. The topological polar surface area (TPSA) is 33.1 Å². The number of likely N-dealkylation sites (N-methyl/N-ethyl adjacent to an activating group) is 1. The molecular weight excluding hydrogens is 212 g/mol. The van der Waals surface area contributed by atoms with Gasteiger partial charge in [-0.2, -0.15) is 5.10 Å². The van der Waals surface area contributed by atoms with Crippen molar-refractivity contribution < 1.29 is 0 Å². The minimum Gasteiger partial charge on any atom is -0.315 e. The fraction of sp³-hybridized carbons (Fsp3) is 0.769. The van der Waals surface area contributed by atoms with E-state index in [2.05, 4.69) is 28.3 Å². The molecule has 0 spiro atoms. The fourth-order valence-electron chi connectivity index (χ4n) is 2.64.